The summed E-state index contributed by atoms with van der Waals surface area (Å²) in [5.74, 6) is -9.98. The number of aliphatic hydroxyl groups is 3. The van der Waals surface area contributed by atoms with Crippen molar-refractivity contribution in [2.75, 3.05) is 26.4 Å². The summed E-state index contributed by atoms with van der Waals surface area (Å²) in [5, 5.41) is 64.3. The lowest BCUT2D eigenvalue weighted by Gasteiger charge is -2.28. The summed E-state index contributed by atoms with van der Waals surface area (Å²) in [7, 11) is 0. The Hall–Kier alpha value is -5.95. The fourth-order valence-corrected chi connectivity index (χ4v) is 5.56. The first-order valence-electron chi connectivity index (χ1n) is 19.9. The maximum atomic E-state index is 13.4. The van der Waals surface area contributed by atoms with Gasteiger partial charge in [-0.15, -0.1) is 0 Å². The van der Waals surface area contributed by atoms with Gasteiger partial charge in [0.25, 0.3) is 0 Å². The molecule has 0 heterocycles. The van der Waals surface area contributed by atoms with E-state index in [9.17, 15) is 68.7 Å². The van der Waals surface area contributed by atoms with E-state index < -0.39 is 140 Å². The normalized spacial score (nSPS) is 15.4. The highest BCUT2D eigenvalue weighted by Crippen LogP contribution is 2.13. The highest BCUT2D eigenvalue weighted by Gasteiger charge is 2.35. The van der Waals surface area contributed by atoms with E-state index in [4.69, 9.17) is 17.2 Å². The predicted molar refractivity (Wildman–Crippen MR) is 219 cm³/mol. The zero-order valence-electron chi connectivity index (χ0n) is 34.9. The van der Waals surface area contributed by atoms with Gasteiger partial charge in [0.1, 0.15) is 48.0 Å². The molecule has 0 fully saturated rings. The number of unbranched alkanes of at least 4 members (excludes halogenated alkanes) is 1. The molecule has 62 heavy (non-hydrogen) atoms. The number of carboxylic acids is 1. The highest BCUT2D eigenvalue weighted by atomic mass is 16.4. The molecule has 0 bridgehead atoms. The van der Waals surface area contributed by atoms with E-state index >= 15 is 0 Å². The molecule has 24 heteroatoms. The summed E-state index contributed by atoms with van der Waals surface area (Å²) >= 11 is 0. The molecule has 0 aromatic heterocycles. The van der Waals surface area contributed by atoms with Crippen LogP contribution in [0.25, 0.3) is 0 Å². The van der Waals surface area contributed by atoms with Gasteiger partial charge in [0.15, 0.2) is 0 Å². The lowest BCUT2D eigenvalue weighted by Crippen LogP contribution is -2.61. The predicted octanol–water partition coefficient (Wildman–Crippen LogP) is -5.82. The van der Waals surface area contributed by atoms with E-state index in [2.05, 4.69) is 37.2 Å². The second-order valence-electron chi connectivity index (χ2n) is 14.6. The van der Waals surface area contributed by atoms with Gasteiger partial charge in [-0.25, -0.2) is 4.79 Å². The standard InChI is InChI=1S/C38H62N10O14/c1-4-19(2)30(37(60)47-28(18-51)38(61)62)48-36(59)27(17-50)46-33(56)24(12-13-29(41)53)43-35(58)26(16-49)45-31(54)20(3)42-34(57)25(15-21-8-10-22(52)11-9-21)44-32(55)23(40)7-5-6-14-39/h8-11,19-20,23-28,30,49-52H,4-7,12-18,39-40H2,1-3H3,(H2,41,53)(H,42,57)(H,43,58)(H,44,55)(H,45,54)(H,46,56)(H,47,60)(H,48,59)(H,61,62). The molecular formula is C38H62N10O14. The number of hydrogen-bond acceptors (Lipinski definition) is 15. The van der Waals surface area contributed by atoms with Crippen molar-refractivity contribution in [3.05, 3.63) is 29.8 Å². The van der Waals surface area contributed by atoms with Crippen LogP contribution in [0.2, 0.25) is 0 Å². The number of phenolic OH excluding ortho intramolecular Hbond substituents is 1. The SMILES string of the molecule is CCC(C)C(NC(=O)C(CO)NC(=O)C(CCC(N)=O)NC(=O)C(CO)NC(=O)C(C)NC(=O)C(Cc1ccc(O)cc1)NC(=O)C(N)CCCCN)C(=O)NC(CO)C(=O)O. The number of aliphatic carboxylic acids is 1. The number of carbonyl (C=O) groups excluding carboxylic acids is 8. The van der Waals surface area contributed by atoms with Gasteiger partial charge < -0.3 is 80.0 Å². The van der Waals surface area contributed by atoms with Crippen molar-refractivity contribution < 1.29 is 68.7 Å². The number of amides is 8. The summed E-state index contributed by atoms with van der Waals surface area (Å²) in [6.07, 6.45) is 0.725. The molecule has 348 valence electrons. The third-order valence-corrected chi connectivity index (χ3v) is 9.60. The number of aliphatic hydroxyl groups excluding tert-OH is 3. The van der Waals surface area contributed by atoms with Crippen molar-refractivity contribution >= 4 is 53.2 Å². The molecule has 0 spiro atoms. The quantitative estimate of drug-likeness (QED) is 0.0333. The average Bonchev–Trinajstić information content (AvgIpc) is 3.23. The fraction of sp³-hybridized carbons (Fsp3) is 0.605. The molecule has 0 radical (unpaired) electrons. The first-order valence-corrected chi connectivity index (χ1v) is 19.9. The molecule has 0 saturated heterocycles. The van der Waals surface area contributed by atoms with E-state index in [1.807, 2.05) is 0 Å². The maximum absolute atomic E-state index is 13.4. The summed E-state index contributed by atoms with van der Waals surface area (Å²) in [5.41, 5.74) is 17.3. The molecule has 8 amide bonds. The van der Waals surface area contributed by atoms with Crippen LogP contribution in [0.3, 0.4) is 0 Å². The number of nitrogens with one attached hydrogen (secondary N) is 7. The molecule has 0 saturated carbocycles. The van der Waals surface area contributed by atoms with Crippen molar-refractivity contribution in [1.82, 2.24) is 37.2 Å². The van der Waals surface area contributed by atoms with E-state index in [0.29, 0.717) is 31.4 Å². The van der Waals surface area contributed by atoms with Crippen LogP contribution in [0, 0.1) is 5.92 Å². The average molecular weight is 883 g/mol. The monoisotopic (exact) mass is 882 g/mol. The van der Waals surface area contributed by atoms with Crippen LogP contribution >= 0.6 is 0 Å². The van der Waals surface area contributed by atoms with Gasteiger partial charge in [-0.2, -0.15) is 0 Å². The Morgan fingerprint density at radius 2 is 1.10 bits per heavy atom. The Morgan fingerprint density at radius 3 is 1.61 bits per heavy atom. The lowest BCUT2D eigenvalue weighted by molar-refractivity contribution is -0.143. The second kappa shape index (κ2) is 27.8. The van der Waals surface area contributed by atoms with Gasteiger partial charge in [-0.05, 0) is 56.3 Å². The molecule has 1 aromatic rings. The first-order chi connectivity index (χ1) is 29.2. The van der Waals surface area contributed by atoms with Gasteiger partial charge in [-0.3, -0.25) is 38.4 Å². The number of rotatable bonds is 29. The lowest BCUT2D eigenvalue weighted by atomic mass is 9.97. The van der Waals surface area contributed by atoms with Crippen molar-refractivity contribution in [2.24, 2.45) is 23.1 Å². The number of hydrogen-bond donors (Lipinski definition) is 15. The van der Waals surface area contributed by atoms with E-state index in [-0.39, 0.29) is 18.6 Å². The molecule has 18 N–H and O–H groups in total. The smallest absolute Gasteiger partial charge is 0.328 e. The molecule has 0 aliphatic rings. The third kappa shape index (κ3) is 18.8. The molecule has 24 nitrogen and oxygen atoms in total. The third-order valence-electron chi connectivity index (χ3n) is 9.60. The number of phenols is 1. The Balaban J connectivity index is 3.14. The Bertz CT molecular complexity index is 1680. The molecule has 9 atom stereocenters. The zero-order chi connectivity index (χ0) is 47.1. The molecule has 1 aromatic carbocycles. The number of benzene rings is 1. The summed E-state index contributed by atoms with van der Waals surface area (Å²) in [6, 6.07) is -6.12. The van der Waals surface area contributed by atoms with E-state index in [1.54, 1.807) is 13.8 Å². The topological polar surface area (TPSA) is 417 Å². The van der Waals surface area contributed by atoms with Crippen LogP contribution < -0.4 is 54.4 Å². The first kappa shape index (κ1) is 54.1. The number of carbonyl (C=O) groups is 9. The van der Waals surface area contributed by atoms with Crippen LogP contribution in [-0.2, 0) is 49.6 Å². The highest BCUT2D eigenvalue weighted by molar-refractivity contribution is 5.97. The van der Waals surface area contributed by atoms with Crippen LogP contribution in [0.15, 0.2) is 24.3 Å². The van der Waals surface area contributed by atoms with Gasteiger partial charge in [0.05, 0.1) is 25.9 Å². The van der Waals surface area contributed by atoms with Gasteiger partial charge >= 0.3 is 5.97 Å². The van der Waals surface area contributed by atoms with Gasteiger partial charge in [0.2, 0.25) is 47.3 Å². The zero-order valence-corrected chi connectivity index (χ0v) is 34.9. The molecular weight excluding hydrogens is 820 g/mol. The number of primary amides is 1. The summed E-state index contributed by atoms with van der Waals surface area (Å²) < 4.78 is 0. The summed E-state index contributed by atoms with van der Waals surface area (Å²) in [4.78, 5) is 115. The van der Waals surface area contributed by atoms with Crippen LogP contribution in [0.1, 0.15) is 64.9 Å². The molecule has 0 aliphatic heterocycles. The van der Waals surface area contributed by atoms with Crippen LogP contribution in [0.4, 0.5) is 0 Å². The van der Waals surface area contributed by atoms with Crippen LogP contribution in [-0.4, -0.2) is 153 Å². The molecule has 9 unspecified atom stereocenters. The minimum Gasteiger partial charge on any atom is -0.508 e. The minimum absolute atomic E-state index is 0.0427. The Morgan fingerprint density at radius 1 is 0.613 bits per heavy atom. The summed E-state index contributed by atoms with van der Waals surface area (Å²) in [6.45, 7) is 1.81. The number of aromatic hydroxyl groups is 1. The fourth-order valence-electron chi connectivity index (χ4n) is 5.56. The van der Waals surface area contributed by atoms with Gasteiger partial charge in [0, 0.05) is 12.8 Å². The Labute approximate surface area is 357 Å². The number of carboxylic acid groups (broad SMARTS) is 1. The van der Waals surface area contributed by atoms with Gasteiger partial charge in [-0.1, -0.05) is 38.8 Å². The van der Waals surface area contributed by atoms with E-state index in [1.165, 1.54) is 31.2 Å². The molecule has 0 aliphatic carbocycles. The van der Waals surface area contributed by atoms with Crippen LogP contribution in [0.5, 0.6) is 5.75 Å². The Kier molecular flexibility index (Phi) is 24.2. The van der Waals surface area contributed by atoms with Crippen molar-refractivity contribution in [3.63, 3.8) is 0 Å². The number of nitrogens with two attached hydrogens (primary N) is 3. The van der Waals surface area contributed by atoms with E-state index in [0.717, 1.165) is 0 Å². The van der Waals surface area contributed by atoms with Crippen molar-refractivity contribution in [2.45, 2.75) is 114 Å². The van der Waals surface area contributed by atoms with Crippen molar-refractivity contribution in [3.8, 4) is 5.75 Å². The minimum atomic E-state index is -1.77. The molecule has 1 rings (SSSR count). The second-order valence-corrected chi connectivity index (χ2v) is 14.6. The maximum Gasteiger partial charge on any atom is 0.328 e. The largest absolute Gasteiger partial charge is 0.508 e. The van der Waals surface area contributed by atoms with Crippen molar-refractivity contribution in [1.29, 1.82) is 0 Å².